The first-order valence-corrected chi connectivity index (χ1v) is 4.82. The highest BCUT2D eigenvalue weighted by molar-refractivity contribution is 5.87. The van der Waals surface area contributed by atoms with Gasteiger partial charge in [0.05, 0.1) is 5.56 Å². The molecule has 0 aliphatic carbocycles. The van der Waals surface area contributed by atoms with Gasteiger partial charge in [0.1, 0.15) is 17.5 Å². The Bertz CT molecular complexity index is 559. The monoisotopic (exact) mass is 236 g/mol. The predicted octanol–water partition coefficient (Wildman–Crippen LogP) is 3.58. The SMILES string of the molecule is O=Cc1c(F)cccc1-c1cc(F)cc(F)c1. The Kier molecular flexibility index (Phi) is 2.95. The van der Waals surface area contributed by atoms with Crippen LogP contribution in [0.3, 0.4) is 0 Å². The Morgan fingerprint density at radius 3 is 2.18 bits per heavy atom. The molecule has 86 valence electrons. The molecule has 0 radical (unpaired) electrons. The smallest absolute Gasteiger partial charge is 0.153 e. The van der Waals surface area contributed by atoms with Gasteiger partial charge in [0, 0.05) is 6.07 Å². The number of carbonyl (C=O) groups is 1. The molecule has 4 heteroatoms. The van der Waals surface area contributed by atoms with Crippen LogP contribution in [0.4, 0.5) is 13.2 Å². The standard InChI is InChI=1S/C13H7F3O/c14-9-4-8(5-10(15)6-9)11-2-1-3-13(16)12(11)7-17/h1-7H. The minimum Gasteiger partial charge on any atom is -0.298 e. The van der Waals surface area contributed by atoms with Crippen LogP contribution in [0.25, 0.3) is 11.1 Å². The number of rotatable bonds is 2. The van der Waals surface area contributed by atoms with Crippen LogP contribution in [-0.4, -0.2) is 6.29 Å². The van der Waals surface area contributed by atoms with Gasteiger partial charge in [-0.1, -0.05) is 12.1 Å². The minimum atomic E-state index is -0.777. The lowest BCUT2D eigenvalue weighted by Crippen LogP contribution is -1.93. The molecule has 2 rings (SSSR count). The molecule has 0 fully saturated rings. The van der Waals surface area contributed by atoms with E-state index < -0.39 is 17.5 Å². The Morgan fingerprint density at radius 1 is 0.941 bits per heavy atom. The molecule has 0 aliphatic heterocycles. The average Bonchev–Trinajstić information content (AvgIpc) is 2.27. The Labute approximate surface area is 95.5 Å². The van der Waals surface area contributed by atoms with E-state index in [2.05, 4.69) is 0 Å². The van der Waals surface area contributed by atoms with E-state index in [0.29, 0.717) is 12.4 Å². The highest BCUT2D eigenvalue weighted by Crippen LogP contribution is 2.26. The van der Waals surface area contributed by atoms with Gasteiger partial charge in [-0.3, -0.25) is 4.79 Å². The summed E-state index contributed by atoms with van der Waals surface area (Å²) in [7, 11) is 0. The summed E-state index contributed by atoms with van der Waals surface area (Å²) in [5, 5.41) is 0. The van der Waals surface area contributed by atoms with Crippen molar-refractivity contribution in [2.45, 2.75) is 0 Å². The van der Waals surface area contributed by atoms with E-state index in [1.54, 1.807) is 0 Å². The Hall–Kier alpha value is -2.10. The van der Waals surface area contributed by atoms with E-state index in [4.69, 9.17) is 0 Å². The predicted molar refractivity (Wildman–Crippen MR) is 57.1 cm³/mol. The van der Waals surface area contributed by atoms with Crippen molar-refractivity contribution < 1.29 is 18.0 Å². The zero-order valence-corrected chi connectivity index (χ0v) is 8.58. The van der Waals surface area contributed by atoms with Crippen molar-refractivity contribution in [2.75, 3.05) is 0 Å². The lowest BCUT2D eigenvalue weighted by atomic mass is 10.00. The zero-order valence-electron chi connectivity index (χ0n) is 8.58. The molecule has 0 aliphatic rings. The quantitative estimate of drug-likeness (QED) is 0.728. The molecule has 0 N–H and O–H groups in total. The Balaban J connectivity index is 2.67. The van der Waals surface area contributed by atoms with Crippen LogP contribution in [0, 0.1) is 17.5 Å². The lowest BCUT2D eigenvalue weighted by molar-refractivity contribution is 0.112. The fourth-order valence-electron chi connectivity index (χ4n) is 1.62. The van der Waals surface area contributed by atoms with Crippen LogP contribution in [0.5, 0.6) is 0 Å². The summed E-state index contributed by atoms with van der Waals surface area (Å²) in [6, 6.07) is 6.73. The van der Waals surface area contributed by atoms with Gasteiger partial charge < -0.3 is 0 Å². The van der Waals surface area contributed by atoms with E-state index in [9.17, 15) is 18.0 Å². The highest BCUT2D eigenvalue weighted by Gasteiger charge is 2.11. The zero-order chi connectivity index (χ0) is 12.4. The van der Waals surface area contributed by atoms with Gasteiger partial charge in [-0.2, -0.15) is 0 Å². The molecule has 2 aromatic carbocycles. The van der Waals surface area contributed by atoms with Crippen molar-refractivity contribution in [3.8, 4) is 11.1 Å². The maximum absolute atomic E-state index is 13.3. The van der Waals surface area contributed by atoms with Crippen molar-refractivity contribution in [1.29, 1.82) is 0 Å². The molecule has 0 amide bonds. The molecule has 17 heavy (non-hydrogen) atoms. The molecule has 0 aromatic heterocycles. The van der Waals surface area contributed by atoms with Crippen LogP contribution < -0.4 is 0 Å². The molecule has 1 nitrogen and oxygen atoms in total. The molecule has 0 atom stereocenters. The van der Waals surface area contributed by atoms with Crippen LogP contribution in [-0.2, 0) is 0 Å². The molecule has 2 aromatic rings. The van der Waals surface area contributed by atoms with Gasteiger partial charge in [-0.25, -0.2) is 13.2 Å². The molecule has 0 unspecified atom stereocenters. The number of carbonyl (C=O) groups excluding carboxylic acids is 1. The summed E-state index contributed by atoms with van der Waals surface area (Å²) in [5.74, 6) is -2.27. The van der Waals surface area contributed by atoms with E-state index in [1.165, 1.54) is 12.1 Å². The van der Waals surface area contributed by atoms with Gasteiger partial charge in [0.25, 0.3) is 0 Å². The van der Waals surface area contributed by atoms with Crippen LogP contribution in [0.2, 0.25) is 0 Å². The lowest BCUT2D eigenvalue weighted by Gasteiger charge is -2.06. The van der Waals surface area contributed by atoms with E-state index in [0.717, 1.165) is 18.2 Å². The molecule has 0 saturated carbocycles. The van der Waals surface area contributed by atoms with Crippen molar-refractivity contribution in [3.63, 3.8) is 0 Å². The molecule has 0 heterocycles. The third kappa shape index (κ3) is 2.20. The summed E-state index contributed by atoms with van der Waals surface area (Å²) in [6.45, 7) is 0. The summed E-state index contributed by atoms with van der Waals surface area (Å²) < 4.78 is 39.4. The number of hydrogen-bond acceptors (Lipinski definition) is 1. The average molecular weight is 236 g/mol. The highest BCUT2D eigenvalue weighted by atomic mass is 19.1. The van der Waals surface area contributed by atoms with Gasteiger partial charge in [-0.15, -0.1) is 0 Å². The van der Waals surface area contributed by atoms with Crippen molar-refractivity contribution in [3.05, 3.63) is 59.4 Å². The first-order chi connectivity index (χ1) is 8.11. The third-order valence-electron chi connectivity index (χ3n) is 2.34. The molecular weight excluding hydrogens is 229 g/mol. The summed E-state index contributed by atoms with van der Waals surface area (Å²) in [6.07, 6.45) is 0.327. The largest absolute Gasteiger partial charge is 0.298 e. The van der Waals surface area contributed by atoms with Gasteiger partial charge >= 0.3 is 0 Å². The number of halogens is 3. The van der Waals surface area contributed by atoms with Gasteiger partial charge in [0.2, 0.25) is 0 Å². The minimum absolute atomic E-state index is 0.129. The molecule has 0 saturated heterocycles. The van der Waals surface area contributed by atoms with Crippen LogP contribution in [0.1, 0.15) is 10.4 Å². The Morgan fingerprint density at radius 2 is 1.59 bits per heavy atom. The fourth-order valence-corrected chi connectivity index (χ4v) is 1.62. The van der Waals surface area contributed by atoms with Gasteiger partial charge in [0.15, 0.2) is 6.29 Å². The second-order valence-corrected chi connectivity index (χ2v) is 3.48. The molecular formula is C13H7F3O. The van der Waals surface area contributed by atoms with Crippen molar-refractivity contribution in [1.82, 2.24) is 0 Å². The third-order valence-corrected chi connectivity index (χ3v) is 2.34. The summed E-state index contributed by atoms with van der Waals surface area (Å²) in [5.41, 5.74) is 0.0833. The fraction of sp³-hybridized carbons (Fsp3) is 0. The number of aldehydes is 1. The topological polar surface area (TPSA) is 17.1 Å². The normalized spacial score (nSPS) is 10.3. The second-order valence-electron chi connectivity index (χ2n) is 3.48. The first-order valence-electron chi connectivity index (χ1n) is 4.82. The van der Waals surface area contributed by atoms with Crippen LogP contribution >= 0.6 is 0 Å². The second kappa shape index (κ2) is 4.41. The maximum atomic E-state index is 13.3. The van der Waals surface area contributed by atoms with E-state index in [-0.39, 0.29) is 16.7 Å². The van der Waals surface area contributed by atoms with Crippen molar-refractivity contribution >= 4 is 6.29 Å². The molecule has 0 bridgehead atoms. The first kappa shape index (κ1) is 11.4. The van der Waals surface area contributed by atoms with Gasteiger partial charge in [-0.05, 0) is 29.3 Å². The van der Waals surface area contributed by atoms with E-state index >= 15 is 0 Å². The van der Waals surface area contributed by atoms with Crippen LogP contribution in [0.15, 0.2) is 36.4 Å². The summed E-state index contributed by atoms with van der Waals surface area (Å²) >= 11 is 0. The van der Waals surface area contributed by atoms with Crippen molar-refractivity contribution in [2.24, 2.45) is 0 Å². The maximum Gasteiger partial charge on any atom is 0.153 e. The summed E-state index contributed by atoms with van der Waals surface area (Å²) in [4.78, 5) is 10.8. The number of benzene rings is 2. The number of hydrogen-bond donors (Lipinski definition) is 0. The van der Waals surface area contributed by atoms with E-state index in [1.807, 2.05) is 0 Å². The molecule has 0 spiro atoms.